The number of hydrogen-bond donors (Lipinski definition) is 2. The van der Waals surface area contributed by atoms with Gasteiger partial charge in [-0.25, -0.2) is 18.4 Å². The van der Waals surface area contributed by atoms with Crippen molar-refractivity contribution in [3.8, 4) is 33.9 Å². The number of methoxy groups -OCH3 is 2. The number of aromatic amines is 1. The van der Waals surface area contributed by atoms with Crippen molar-refractivity contribution in [3.05, 3.63) is 60.6 Å². The highest BCUT2D eigenvalue weighted by atomic mass is 32.2. The Morgan fingerprint density at radius 1 is 1.00 bits per heavy atom. The van der Waals surface area contributed by atoms with Crippen molar-refractivity contribution in [1.29, 1.82) is 0 Å². The highest BCUT2D eigenvalue weighted by Crippen LogP contribution is 2.45. The number of carbonyl (C=O) groups excluding carboxylic acids is 1. The first kappa shape index (κ1) is 28.7. The van der Waals surface area contributed by atoms with Crippen LogP contribution in [-0.4, -0.2) is 86.5 Å². The minimum atomic E-state index is -3.77. The van der Waals surface area contributed by atoms with Crippen molar-refractivity contribution in [3.63, 3.8) is 0 Å². The van der Waals surface area contributed by atoms with E-state index in [4.69, 9.17) is 20.2 Å². The molecule has 5 aromatic rings. The van der Waals surface area contributed by atoms with Gasteiger partial charge in [0.1, 0.15) is 17.0 Å². The van der Waals surface area contributed by atoms with Gasteiger partial charge in [0.05, 0.1) is 31.8 Å². The van der Waals surface area contributed by atoms with Gasteiger partial charge < -0.3 is 20.1 Å². The minimum Gasteiger partial charge on any atom is -0.493 e. The van der Waals surface area contributed by atoms with Crippen LogP contribution in [0.3, 0.4) is 0 Å². The topological polar surface area (TPSA) is 184 Å². The first-order valence-electron chi connectivity index (χ1n) is 14.4. The molecule has 2 aliphatic rings. The maximum atomic E-state index is 13.2. The second-order valence-electron chi connectivity index (χ2n) is 11.4. The molecule has 1 aromatic carbocycles. The van der Waals surface area contributed by atoms with Gasteiger partial charge in [-0.05, 0) is 49.9 Å². The van der Waals surface area contributed by atoms with E-state index in [9.17, 15) is 13.2 Å². The van der Waals surface area contributed by atoms with E-state index < -0.39 is 9.84 Å². The van der Waals surface area contributed by atoms with Crippen LogP contribution in [0.2, 0.25) is 0 Å². The number of amides is 1. The first-order valence-corrected chi connectivity index (χ1v) is 16.3. The number of nitrogens with two attached hydrogens (primary N) is 1. The summed E-state index contributed by atoms with van der Waals surface area (Å²) in [6, 6.07) is 9.20. The molecule has 2 bridgehead atoms. The minimum absolute atomic E-state index is 0.00571. The molecule has 1 unspecified atom stereocenters. The Bertz CT molecular complexity index is 2010. The fraction of sp³-hybridized carbons (Fsp3) is 0.333. The monoisotopic (exact) mass is 629 g/mol. The first-order chi connectivity index (χ1) is 21.7. The van der Waals surface area contributed by atoms with Crippen LogP contribution in [0.25, 0.3) is 28.0 Å². The SMILES string of the molecule is COc1ccc(-c2ccc(-c3cnn4c(N)c(S(C)(=O)=O)c(C5C[C@H]6CC[C@@H](C5)N6C(=O)c5ncn[nH]5)nc34)cn2)cc1OC. The Hall–Kier alpha value is -5.05. The predicted octanol–water partition coefficient (Wildman–Crippen LogP) is 3.13. The molecule has 0 aliphatic carbocycles. The second-order valence-corrected chi connectivity index (χ2v) is 13.3. The van der Waals surface area contributed by atoms with Gasteiger partial charge in [-0.1, -0.05) is 6.07 Å². The van der Waals surface area contributed by atoms with Gasteiger partial charge in [-0.15, -0.1) is 0 Å². The molecule has 0 spiro atoms. The van der Waals surface area contributed by atoms with Gasteiger partial charge in [-0.2, -0.15) is 14.7 Å². The van der Waals surface area contributed by atoms with E-state index in [0.717, 1.165) is 35.9 Å². The van der Waals surface area contributed by atoms with Crippen LogP contribution in [-0.2, 0) is 9.84 Å². The lowest BCUT2D eigenvalue weighted by atomic mass is 9.87. The lowest BCUT2D eigenvalue weighted by Gasteiger charge is -2.38. The number of anilines is 1. The van der Waals surface area contributed by atoms with Crippen LogP contribution in [0.5, 0.6) is 11.5 Å². The normalized spacial score (nSPS) is 19.6. The number of nitrogen functional groups attached to an aromatic ring is 1. The average molecular weight is 630 g/mol. The van der Waals surface area contributed by atoms with Crippen molar-refractivity contribution in [2.45, 2.75) is 48.6 Å². The van der Waals surface area contributed by atoms with E-state index in [1.54, 1.807) is 26.6 Å². The molecule has 0 saturated carbocycles. The van der Waals surface area contributed by atoms with E-state index in [1.807, 2.05) is 35.2 Å². The molecule has 2 saturated heterocycles. The average Bonchev–Trinajstić information content (AvgIpc) is 3.78. The zero-order valence-electron chi connectivity index (χ0n) is 24.8. The predicted molar refractivity (Wildman–Crippen MR) is 164 cm³/mol. The summed E-state index contributed by atoms with van der Waals surface area (Å²) in [7, 11) is -0.606. The summed E-state index contributed by atoms with van der Waals surface area (Å²) >= 11 is 0. The molecule has 15 heteroatoms. The third-order valence-corrected chi connectivity index (χ3v) is 9.92. The smallest absolute Gasteiger partial charge is 0.291 e. The maximum Gasteiger partial charge on any atom is 0.291 e. The van der Waals surface area contributed by atoms with E-state index >= 15 is 0 Å². The van der Waals surface area contributed by atoms with Gasteiger partial charge in [0.2, 0.25) is 5.82 Å². The van der Waals surface area contributed by atoms with Crippen molar-refractivity contribution < 1.29 is 22.7 Å². The molecule has 14 nitrogen and oxygen atoms in total. The van der Waals surface area contributed by atoms with Gasteiger partial charge in [0, 0.05) is 47.1 Å². The number of fused-ring (bicyclic) bond motifs is 3. The number of carbonyl (C=O) groups is 1. The maximum absolute atomic E-state index is 13.2. The third-order valence-electron chi connectivity index (χ3n) is 8.76. The van der Waals surface area contributed by atoms with Gasteiger partial charge in [-0.3, -0.25) is 14.9 Å². The van der Waals surface area contributed by atoms with E-state index in [1.165, 1.54) is 10.8 Å². The van der Waals surface area contributed by atoms with Gasteiger partial charge in [0.25, 0.3) is 5.91 Å². The molecular formula is C30H31N9O5S. The summed E-state index contributed by atoms with van der Waals surface area (Å²) in [4.78, 5) is 28.7. The molecule has 6 heterocycles. The molecule has 3 N–H and O–H groups in total. The highest BCUT2D eigenvalue weighted by molar-refractivity contribution is 7.91. The molecule has 1 amide bonds. The summed E-state index contributed by atoms with van der Waals surface area (Å²) in [5, 5.41) is 10.9. The van der Waals surface area contributed by atoms with Crippen LogP contribution in [0.4, 0.5) is 5.82 Å². The number of piperidine rings is 1. The Morgan fingerprint density at radius 2 is 1.73 bits per heavy atom. The van der Waals surface area contributed by atoms with Gasteiger partial charge in [0.15, 0.2) is 27.0 Å². The number of aromatic nitrogens is 7. The zero-order chi connectivity index (χ0) is 31.5. The number of hydrogen-bond acceptors (Lipinski definition) is 11. The molecule has 4 aromatic heterocycles. The number of benzene rings is 1. The number of nitrogens with one attached hydrogen (secondary N) is 1. The van der Waals surface area contributed by atoms with Crippen LogP contribution in [0.15, 0.2) is 53.9 Å². The van der Waals surface area contributed by atoms with Crippen LogP contribution < -0.4 is 15.2 Å². The Labute approximate surface area is 258 Å². The molecule has 7 rings (SSSR count). The third kappa shape index (κ3) is 4.83. The lowest BCUT2D eigenvalue weighted by Crippen LogP contribution is -2.46. The van der Waals surface area contributed by atoms with Gasteiger partial charge >= 0.3 is 0 Å². The van der Waals surface area contributed by atoms with Crippen LogP contribution in [0, 0.1) is 0 Å². The van der Waals surface area contributed by atoms with Crippen molar-refractivity contribution in [2.75, 3.05) is 26.2 Å². The van der Waals surface area contributed by atoms with Crippen LogP contribution in [0.1, 0.15) is 47.9 Å². The molecule has 45 heavy (non-hydrogen) atoms. The summed E-state index contributed by atoms with van der Waals surface area (Å²) < 4.78 is 38.4. The number of rotatable bonds is 7. The number of nitrogens with zero attached hydrogens (tertiary/aromatic N) is 7. The molecule has 3 atom stereocenters. The zero-order valence-corrected chi connectivity index (χ0v) is 25.7. The number of H-pyrrole nitrogens is 1. The number of pyridine rings is 1. The highest BCUT2D eigenvalue weighted by Gasteiger charge is 2.46. The Morgan fingerprint density at radius 3 is 2.36 bits per heavy atom. The molecule has 2 aliphatic heterocycles. The molecule has 0 radical (unpaired) electrons. The Balaban J connectivity index is 1.26. The van der Waals surface area contributed by atoms with E-state index in [-0.39, 0.29) is 40.4 Å². The Kier molecular flexibility index (Phi) is 6.91. The van der Waals surface area contributed by atoms with E-state index in [2.05, 4.69) is 25.3 Å². The summed E-state index contributed by atoms with van der Waals surface area (Å²) in [6.07, 6.45) is 8.49. The standard InChI is InChI=1S/C30H31N9O5S/c1-43-23-9-5-16(12-24(23)44-2)22-8-4-17(13-32-22)21-14-35-39-27(31)26(45(3,41)42)25(36-29(21)39)18-10-19-6-7-20(11-18)38(19)30(40)28-33-15-34-37-28/h4-5,8-9,12-15,18-20H,6-7,10-11,31H2,1-3H3,(H,33,34,37)/t18?,19-,20+. The molecule has 232 valence electrons. The largest absolute Gasteiger partial charge is 0.493 e. The summed E-state index contributed by atoms with van der Waals surface area (Å²) in [6.45, 7) is 0. The van der Waals surface area contributed by atoms with Crippen LogP contribution >= 0.6 is 0 Å². The lowest BCUT2D eigenvalue weighted by molar-refractivity contribution is 0.0556. The van der Waals surface area contributed by atoms with Crippen molar-refractivity contribution >= 4 is 27.2 Å². The van der Waals surface area contributed by atoms with Crippen molar-refractivity contribution in [2.24, 2.45) is 0 Å². The number of ether oxygens (including phenoxy) is 2. The number of sulfone groups is 1. The molecular weight excluding hydrogens is 598 g/mol. The fourth-order valence-electron chi connectivity index (χ4n) is 6.76. The van der Waals surface area contributed by atoms with Crippen molar-refractivity contribution in [1.82, 2.24) is 39.7 Å². The molecule has 2 fully saturated rings. The summed E-state index contributed by atoms with van der Waals surface area (Å²) in [5.74, 6) is 0.987. The quantitative estimate of drug-likeness (QED) is 0.270. The fourth-order valence-corrected chi connectivity index (χ4v) is 7.82. The van der Waals surface area contributed by atoms with E-state index in [0.29, 0.717) is 41.2 Å². The second kappa shape index (κ2) is 10.8. The summed E-state index contributed by atoms with van der Waals surface area (Å²) in [5.41, 5.74) is 10.4.